The molecule has 0 heterocycles. The number of unbranched alkanes of at least 4 members (excludes halogenated alkanes) is 11. The average Bonchev–Trinajstić information content (AvgIpc) is 2.39. The van der Waals surface area contributed by atoms with Crippen molar-refractivity contribution < 1.29 is 9.18 Å². The Balaban J connectivity index is 2.97. The predicted molar refractivity (Wildman–Crippen MR) is 76.7 cm³/mol. The summed E-state index contributed by atoms with van der Waals surface area (Å²) in [4.78, 5) is 10.7. The van der Waals surface area contributed by atoms with Crippen molar-refractivity contribution in [2.24, 2.45) is 0 Å². The summed E-state index contributed by atoms with van der Waals surface area (Å²) in [5, 5.41) is 0. The van der Waals surface area contributed by atoms with Gasteiger partial charge in [-0.2, -0.15) is 0 Å². The molecular formula is C16H31FO. The molecule has 0 fully saturated rings. The number of hydrogen-bond donors (Lipinski definition) is 0. The summed E-state index contributed by atoms with van der Waals surface area (Å²) < 4.78 is 11.9. The highest BCUT2D eigenvalue weighted by molar-refractivity contribution is 5.79. The van der Waals surface area contributed by atoms with Crippen molar-refractivity contribution in [1.29, 1.82) is 0 Å². The maximum absolute atomic E-state index is 11.9. The molecule has 0 atom stereocenters. The van der Waals surface area contributed by atoms with Crippen LogP contribution >= 0.6 is 0 Å². The third kappa shape index (κ3) is 13.7. The van der Waals surface area contributed by atoms with Crippen LogP contribution in [0.1, 0.15) is 90.4 Å². The van der Waals surface area contributed by atoms with E-state index in [4.69, 9.17) is 0 Å². The lowest BCUT2D eigenvalue weighted by Crippen LogP contribution is -1.98. The molecule has 0 bridgehead atoms. The van der Waals surface area contributed by atoms with Gasteiger partial charge in [0.25, 0.3) is 0 Å². The predicted octanol–water partition coefficient (Wildman–Crippen LogP) is 5.62. The monoisotopic (exact) mass is 258 g/mol. The number of halogens is 1. The van der Waals surface area contributed by atoms with Crippen LogP contribution in [0.2, 0.25) is 0 Å². The lowest BCUT2D eigenvalue weighted by Gasteiger charge is -2.02. The van der Waals surface area contributed by atoms with Gasteiger partial charge in [0, 0.05) is 6.42 Å². The van der Waals surface area contributed by atoms with E-state index in [0.29, 0.717) is 6.42 Å². The van der Waals surface area contributed by atoms with Crippen molar-refractivity contribution in [3.8, 4) is 0 Å². The van der Waals surface area contributed by atoms with Gasteiger partial charge in [0.05, 0.1) is 0 Å². The van der Waals surface area contributed by atoms with E-state index >= 15 is 0 Å². The minimum atomic E-state index is -0.780. The lowest BCUT2D eigenvalue weighted by molar-refractivity contribution is -0.120. The zero-order valence-corrected chi connectivity index (χ0v) is 12.2. The molecule has 1 nitrogen and oxygen atoms in total. The first-order valence-electron chi connectivity index (χ1n) is 7.89. The molecular weight excluding hydrogens is 227 g/mol. The molecule has 0 aliphatic carbocycles. The molecule has 0 unspecified atom stereocenters. The Morgan fingerprint density at radius 3 is 1.50 bits per heavy atom. The Kier molecular flexibility index (Phi) is 14.3. The van der Waals surface area contributed by atoms with Gasteiger partial charge in [0.1, 0.15) is 6.67 Å². The first-order valence-corrected chi connectivity index (χ1v) is 7.89. The van der Waals surface area contributed by atoms with Crippen LogP contribution in [0, 0.1) is 0 Å². The van der Waals surface area contributed by atoms with Gasteiger partial charge in [-0.25, -0.2) is 4.39 Å². The SMILES string of the molecule is CCCCCCCCCCCCCCC(=O)CF. The molecule has 108 valence electrons. The summed E-state index contributed by atoms with van der Waals surface area (Å²) in [5.74, 6) is -0.234. The van der Waals surface area contributed by atoms with E-state index in [1.54, 1.807) is 0 Å². The fraction of sp³-hybridized carbons (Fsp3) is 0.938. The van der Waals surface area contributed by atoms with Gasteiger partial charge in [-0.3, -0.25) is 4.79 Å². The highest BCUT2D eigenvalue weighted by Gasteiger charge is 1.99. The van der Waals surface area contributed by atoms with Gasteiger partial charge in [-0.05, 0) is 6.42 Å². The van der Waals surface area contributed by atoms with Gasteiger partial charge in [-0.1, -0.05) is 77.6 Å². The normalized spacial score (nSPS) is 10.8. The molecule has 18 heavy (non-hydrogen) atoms. The standard InChI is InChI=1S/C16H31FO/c1-2-3-4-5-6-7-8-9-10-11-12-13-14-16(18)15-17/h2-15H2,1H3. The second-order valence-electron chi connectivity index (χ2n) is 5.31. The maximum atomic E-state index is 11.9. The van der Waals surface area contributed by atoms with Crippen molar-refractivity contribution in [2.75, 3.05) is 6.67 Å². The van der Waals surface area contributed by atoms with E-state index in [1.807, 2.05) is 0 Å². The second-order valence-corrected chi connectivity index (χ2v) is 5.31. The number of carbonyl (C=O) groups excluding carboxylic acids is 1. The van der Waals surface area contributed by atoms with Crippen molar-refractivity contribution in [2.45, 2.75) is 90.4 Å². The van der Waals surface area contributed by atoms with Crippen molar-refractivity contribution >= 4 is 5.78 Å². The van der Waals surface area contributed by atoms with Gasteiger partial charge in [0.15, 0.2) is 5.78 Å². The number of Topliss-reactive ketones (excluding diaryl/α,β-unsaturated/α-hetero) is 1. The van der Waals surface area contributed by atoms with E-state index < -0.39 is 6.67 Å². The first-order chi connectivity index (χ1) is 8.81. The fourth-order valence-electron chi connectivity index (χ4n) is 2.23. The van der Waals surface area contributed by atoms with Crippen LogP contribution in [0.4, 0.5) is 4.39 Å². The summed E-state index contributed by atoms with van der Waals surface area (Å²) in [6.07, 6.45) is 15.8. The largest absolute Gasteiger partial charge is 0.297 e. The third-order valence-corrected chi connectivity index (χ3v) is 3.46. The van der Waals surface area contributed by atoms with Crippen LogP contribution < -0.4 is 0 Å². The van der Waals surface area contributed by atoms with Crippen molar-refractivity contribution in [3.63, 3.8) is 0 Å². The second kappa shape index (κ2) is 14.7. The number of alkyl halides is 1. The summed E-state index contributed by atoms with van der Waals surface area (Å²) in [6, 6.07) is 0. The molecule has 0 saturated carbocycles. The number of hydrogen-bond acceptors (Lipinski definition) is 1. The first kappa shape index (κ1) is 17.6. The zero-order valence-electron chi connectivity index (χ0n) is 12.2. The summed E-state index contributed by atoms with van der Waals surface area (Å²) in [6.45, 7) is 1.47. The molecule has 0 saturated heterocycles. The molecule has 0 aromatic heterocycles. The van der Waals surface area contributed by atoms with E-state index in [2.05, 4.69) is 6.92 Å². The Morgan fingerprint density at radius 1 is 0.722 bits per heavy atom. The van der Waals surface area contributed by atoms with Crippen LogP contribution in [0.3, 0.4) is 0 Å². The van der Waals surface area contributed by atoms with Crippen LogP contribution in [-0.4, -0.2) is 12.5 Å². The average molecular weight is 258 g/mol. The topological polar surface area (TPSA) is 17.1 Å². The summed E-state index contributed by atoms with van der Waals surface area (Å²) in [7, 11) is 0. The summed E-state index contributed by atoms with van der Waals surface area (Å²) in [5.41, 5.74) is 0. The molecule has 0 aliphatic rings. The van der Waals surface area contributed by atoms with E-state index in [-0.39, 0.29) is 5.78 Å². The fourth-order valence-corrected chi connectivity index (χ4v) is 2.23. The Morgan fingerprint density at radius 2 is 1.11 bits per heavy atom. The van der Waals surface area contributed by atoms with Gasteiger partial charge < -0.3 is 0 Å². The van der Waals surface area contributed by atoms with E-state index in [1.165, 1.54) is 64.2 Å². The molecule has 2 heteroatoms. The quantitative estimate of drug-likeness (QED) is 0.370. The van der Waals surface area contributed by atoms with Crippen molar-refractivity contribution in [1.82, 2.24) is 0 Å². The smallest absolute Gasteiger partial charge is 0.163 e. The molecule has 0 spiro atoms. The number of ketones is 1. The molecule has 0 amide bonds. The molecule has 0 aromatic carbocycles. The van der Waals surface area contributed by atoms with Gasteiger partial charge >= 0.3 is 0 Å². The minimum absolute atomic E-state index is 0.234. The van der Waals surface area contributed by atoms with Gasteiger partial charge in [0.2, 0.25) is 0 Å². The zero-order chi connectivity index (χ0) is 13.5. The maximum Gasteiger partial charge on any atom is 0.163 e. The van der Waals surface area contributed by atoms with Crippen LogP contribution in [0.15, 0.2) is 0 Å². The molecule has 0 aromatic rings. The van der Waals surface area contributed by atoms with Crippen LogP contribution in [0.5, 0.6) is 0 Å². The molecule has 0 rings (SSSR count). The van der Waals surface area contributed by atoms with Crippen molar-refractivity contribution in [3.05, 3.63) is 0 Å². The Hall–Kier alpha value is -0.400. The van der Waals surface area contributed by atoms with Crippen LogP contribution in [0.25, 0.3) is 0 Å². The van der Waals surface area contributed by atoms with E-state index in [0.717, 1.165) is 12.8 Å². The Labute approximate surface area is 113 Å². The minimum Gasteiger partial charge on any atom is -0.297 e. The third-order valence-electron chi connectivity index (χ3n) is 3.46. The van der Waals surface area contributed by atoms with Crippen LogP contribution in [-0.2, 0) is 4.79 Å². The number of rotatable bonds is 14. The Bertz CT molecular complexity index is 180. The van der Waals surface area contributed by atoms with Gasteiger partial charge in [-0.15, -0.1) is 0 Å². The highest BCUT2D eigenvalue weighted by atomic mass is 19.1. The molecule has 0 N–H and O–H groups in total. The molecule has 0 radical (unpaired) electrons. The lowest BCUT2D eigenvalue weighted by atomic mass is 10.0. The highest BCUT2D eigenvalue weighted by Crippen LogP contribution is 2.12. The summed E-state index contributed by atoms with van der Waals surface area (Å²) >= 11 is 0. The molecule has 0 aliphatic heterocycles. The number of carbonyl (C=O) groups is 1. The van der Waals surface area contributed by atoms with E-state index in [9.17, 15) is 9.18 Å².